The van der Waals surface area contributed by atoms with Gasteiger partial charge in [0.2, 0.25) is 0 Å². The number of halogens is 3. The van der Waals surface area contributed by atoms with Gasteiger partial charge in [0.15, 0.2) is 0 Å². The van der Waals surface area contributed by atoms with Gasteiger partial charge in [0.1, 0.15) is 0 Å². The van der Waals surface area contributed by atoms with Crippen molar-refractivity contribution in [3.8, 4) is 11.1 Å². The van der Waals surface area contributed by atoms with Gasteiger partial charge in [-0.3, -0.25) is 0 Å². The van der Waals surface area contributed by atoms with Crippen LogP contribution in [0.25, 0.3) is 11.1 Å². The van der Waals surface area contributed by atoms with Crippen LogP contribution >= 0.6 is 47.8 Å². The molecule has 0 nitrogen and oxygen atoms in total. The zero-order valence-electron chi connectivity index (χ0n) is 6.52. The highest BCUT2D eigenvalue weighted by Gasteiger charge is 2.10. The van der Waals surface area contributed by atoms with Crippen LogP contribution in [-0.2, 0) is 0 Å². The van der Waals surface area contributed by atoms with E-state index in [4.69, 9.17) is 0 Å². The molecule has 0 heterocycles. The van der Waals surface area contributed by atoms with E-state index in [1.54, 1.807) is 0 Å². The summed E-state index contributed by atoms with van der Waals surface area (Å²) in [5.74, 6) is 0. The van der Waals surface area contributed by atoms with Crippen molar-refractivity contribution < 1.29 is 0 Å². The van der Waals surface area contributed by atoms with Gasteiger partial charge < -0.3 is 0 Å². The molecule has 0 saturated carbocycles. The molecule has 0 aliphatic heterocycles. The lowest BCUT2D eigenvalue weighted by Crippen LogP contribution is -1.66. The topological polar surface area (TPSA) is 0 Å². The molecule has 0 radical (unpaired) electrons. The number of hydrogen-bond acceptors (Lipinski definition) is 0. The maximum atomic E-state index is 3.52. The van der Waals surface area contributed by atoms with E-state index in [2.05, 4.69) is 66.0 Å². The van der Waals surface area contributed by atoms with E-state index >= 15 is 0 Å². The van der Waals surface area contributed by atoms with E-state index in [1.165, 1.54) is 11.1 Å². The number of rotatable bonds is 0. The Labute approximate surface area is 102 Å². The third kappa shape index (κ3) is 1.83. The van der Waals surface area contributed by atoms with Gasteiger partial charge >= 0.3 is 0 Å². The van der Waals surface area contributed by atoms with E-state index in [-0.39, 0.29) is 0 Å². The first-order valence-corrected chi connectivity index (χ1v) is 6.09. The first-order valence-electron chi connectivity index (χ1n) is 3.72. The highest BCUT2D eigenvalue weighted by Crippen LogP contribution is 2.39. The smallest absolute Gasteiger partial charge is 0.0265 e. The summed E-state index contributed by atoms with van der Waals surface area (Å²) in [5, 5.41) is 0. The van der Waals surface area contributed by atoms with Gasteiger partial charge in [0.25, 0.3) is 0 Å². The Kier molecular flexibility index (Phi) is 2.77. The van der Waals surface area contributed by atoms with Crippen LogP contribution in [0.4, 0.5) is 0 Å². The Balaban J connectivity index is 2.80. The molecule has 0 aromatic carbocycles. The van der Waals surface area contributed by atoms with Crippen molar-refractivity contribution in [3.05, 3.63) is 43.7 Å². The van der Waals surface area contributed by atoms with E-state index in [0.29, 0.717) is 0 Å². The third-order valence-electron chi connectivity index (χ3n) is 1.86. The minimum absolute atomic E-state index is 1.08. The van der Waals surface area contributed by atoms with Crippen LogP contribution in [-0.4, -0.2) is 0 Å². The van der Waals surface area contributed by atoms with E-state index in [1.807, 2.05) is 12.1 Å². The van der Waals surface area contributed by atoms with Crippen LogP contribution in [0.15, 0.2) is 43.7 Å². The lowest BCUT2D eigenvalue weighted by atomic mass is 10.2. The lowest BCUT2D eigenvalue weighted by molar-refractivity contribution is 1.74. The lowest BCUT2D eigenvalue weighted by Gasteiger charge is -1.93. The summed E-state index contributed by atoms with van der Waals surface area (Å²) in [5.41, 5.74) is 2.43. The van der Waals surface area contributed by atoms with Gasteiger partial charge in [-0.05, 0) is 29.3 Å². The Morgan fingerprint density at radius 2 is 1.46 bits per heavy atom. The Morgan fingerprint density at radius 1 is 0.769 bits per heavy atom. The van der Waals surface area contributed by atoms with Crippen LogP contribution < -0.4 is 0 Å². The van der Waals surface area contributed by atoms with Gasteiger partial charge in [-0.2, -0.15) is 0 Å². The summed E-state index contributed by atoms with van der Waals surface area (Å²) in [6.45, 7) is 0. The SMILES string of the molecule is Brc1cccc2c(Br)cc(Br)c-2c1. The van der Waals surface area contributed by atoms with Crippen LogP contribution in [0, 0.1) is 0 Å². The van der Waals surface area contributed by atoms with Crippen molar-refractivity contribution in [2.75, 3.05) is 0 Å². The molecule has 0 aromatic rings. The van der Waals surface area contributed by atoms with Crippen LogP contribution in [0.1, 0.15) is 0 Å². The summed E-state index contributed by atoms with van der Waals surface area (Å²) >= 11 is 10.5. The summed E-state index contributed by atoms with van der Waals surface area (Å²) in [4.78, 5) is 0. The summed E-state index contributed by atoms with van der Waals surface area (Å²) < 4.78 is 3.32. The molecule has 0 fully saturated rings. The van der Waals surface area contributed by atoms with Gasteiger partial charge in [-0.25, -0.2) is 0 Å². The second kappa shape index (κ2) is 3.71. The minimum Gasteiger partial charge on any atom is -0.0605 e. The average Bonchev–Trinajstić information content (AvgIpc) is 2.28. The van der Waals surface area contributed by atoms with Gasteiger partial charge in [-0.1, -0.05) is 59.9 Å². The van der Waals surface area contributed by atoms with E-state index in [9.17, 15) is 0 Å². The van der Waals surface area contributed by atoms with Crippen molar-refractivity contribution in [3.63, 3.8) is 0 Å². The Hall–Kier alpha value is 0.140. The first-order chi connectivity index (χ1) is 6.18. The van der Waals surface area contributed by atoms with Gasteiger partial charge in [0, 0.05) is 13.4 Å². The standard InChI is InChI=1S/C10H5Br3/c11-6-2-1-3-7-8(4-6)10(13)5-9(7)12/h1-5H. The molecule has 13 heavy (non-hydrogen) atoms. The van der Waals surface area contributed by atoms with Crippen molar-refractivity contribution in [2.45, 2.75) is 0 Å². The molecule has 0 atom stereocenters. The van der Waals surface area contributed by atoms with Crippen molar-refractivity contribution >= 4 is 47.8 Å². The van der Waals surface area contributed by atoms with Crippen LogP contribution in [0.3, 0.4) is 0 Å². The maximum Gasteiger partial charge on any atom is 0.0265 e. The third-order valence-corrected chi connectivity index (χ3v) is 3.66. The summed E-state index contributed by atoms with van der Waals surface area (Å²) in [7, 11) is 0. The Bertz CT molecular complexity index is 423. The molecular weight excluding hydrogens is 360 g/mol. The average molecular weight is 365 g/mol. The van der Waals surface area contributed by atoms with Crippen molar-refractivity contribution in [2.24, 2.45) is 0 Å². The van der Waals surface area contributed by atoms with E-state index in [0.717, 1.165) is 13.4 Å². The molecule has 0 aromatic heterocycles. The fraction of sp³-hybridized carbons (Fsp3) is 0. The minimum atomic E-state index is 1.08. The Morgan fingerprint density at radius 3 is 2.23 bits per heavy atom. The van der Waals surface area contributed by atoms with Crippen LogP contribution in [0.2, 0.25) is 0 Å². The van der Waals surface area contributed by atoms with Gasteiger partial charge in [0.05, 0.1) is 0 Å². The summed E-state index contributed by atoms with van der Waals surface area (Å²) in [6, 6.07) is 10.3. The molecule has 0 spiro atoms. The fourth-order valence-electron chi connectivity index (χ4n) is 1.26. The molecule has 2 aliphatic carbocycles. The second-order valence-corrected chi connectivity index (χ2v) is 5.35. The second-order valence-electron chi connectivity index (χ2n) is 2.72. The molecule has 2 rings (SSSR count). The summed E-state index contributed by atoms with van der Waals surface area (Å²) in [6.07, 6.45) is 0. The molecule has 2 aliphatic rings. The van der Waals surface area contributed by atoms with Crippen molar-refractivity contribution in [1.29, 1.82) is 0 Å². The molecule has 0 amide bonds. The quantitative estimate of drug-likeness (QED) is 0.611. The predicted molar refractivity (Wildman–Crippen MR) is 66.2 cm³/mol. The highest BCUT2D eigenvalue weighted by atomic mass is 79.9. The molecular formula is C10H5Br3. The molecule has 66 valence electrons. The van der Waals surface area contributed by atoms with Crippen molar-refractivity contribution in [1.82, 2.24) is 0 Å². The number of fused-ring (bicyclic) bond motifs is 1. The zero-order valence-corrected chi connectivity index (χ0v) is 11.3. The number of hydrogen-bond donors (Lipinski definition) is 0. The monoisotopic (exact) mass is 362 g/mol. The molecule has 0 saturated heterocycles. The predicted octanol–water partition coefficient (Wildman–Crippen LogP) is 5.08. The first kappa shape index (κ1) is 9.69. The fourth-order valence-corrected chi connectivity index (χ4v) is 3.08. The highest BCUT2D eigenvalue weighted by molar-refractivity contribution is 9.11. The molecule has 0 bridgehead atoms. The molecule has 0 N–H and O–H groups in total. The maximum absolute atomic E-state index is 3.52. The zero-order chi connectivity index (χ0) is 9.42. The molecule has 3 heteroatoms. The van der Waals surface area contributed by atoms with Crippen LogP contribution in [0.5, 0.6) is 0 Å². The van der Waals surface area contributed by atoms with E-state index < -0.39 is 0 Å². The largest absolute Gasteiger partial charge is 0.0605 e. The van der Waals surface area contributed by atoms with Gasteiger partial charge in [-0.15, -0.1) is 0 Å². The normalized spacial score (nSPS) is 10.7. The molecule has 0 unspecified atom stereocenters.